The number of anilines is 1. The number of halogens is 1. The van der Waals surface area contributed by atoms with Crippen molar-refractivity contribution >= 4 is 38.4 Å². The van der Waals surface area contributed by atoms with E-state index in [1.165, 1.54) is 6.20 Å². The first-order valence-electron chi connectivity index (χ1n) is 4.82. The maximum absolute atomic E-state index is 10.7. The topological polar surface area (TPSA) is 62.2 Å². The van der Waals surface area contributed by atoms with Crippen molar-refractivity contribution in [1.29, 1.82) is 0 Å². The summed E-state index contributed by atoms with van der Waals surface area (Å²) in [5, 5.41) is 12.5. The molecule has 1 aromatic heterocycles. The third-order valence-electron chi connectivity index (χ3n) is 2.05. The van der Waals surface area contributed by atoms with Gasteiger partial charge in [-0.05, 0) is 17.7 Å². The Labute approximate surface area is 110 Å². The molecule has 2 N–H and O–H groups in total. The van der Waals surface area contributed by atoms with Crippen LogP contribution in [0.4, 0.5) is 5.13 Å². The zero-order chi connectivity index (χ0) is 12.3. The number of carboxylic acid groups (broad SMARTS) is 1. The average molecular weight is 313 g/mol. The molecule has 17 heavy (non-hydrogen) atoms. The molecule has 0 bridgehead atoms. The Kier molecular flexibility index (Phi) is 3.75. The molecule has 0 aliphatic rings. The summed E-state index contributed by atoms with van der Waals surface area (Å²) < 4.78 is 1.02. The van der Waals surface area contributed by atoms with Crippen molar-refractivity contribution in [1.82, 2.24) is 4.98 Å². The Hall–Kier alpha value is -1.40. The summed E-state index contributed by atoms with van der Waals surface area (Å²) in [5.41, 5.74) is 1.10. The van der Waals surface area contributed by atoms with Crippen LogP contribution in [-0.2, 0) is 6.54 Å². The first-order valence-corrected chi connectivity index (χ1v) is 6.43. The van der Waals surface area contributed by atoms with E-state index < -0.39 is 5.97 Å². The van der Waals surface area contributed by atoms with Crippen molar-refractivity contribution in [2.45, 2.75) is 6.54 Å². The molecule has 0 saturated carbocycles. The summed E-state index contributed by atoms with van der Waals surface area (Å²) >= 11 is 4.52. The maximum atomic E-state index is 10.7. The van der Waals surface area contributed by atoms with Crippen LogP contribution in [-0.4, -0.2) is 16.1 Å². The summed E-state index contributed by atoms with van der Waals surface area (Å²) in [6.07, 6.45) is 1.36. The average Bonchev–Trinajstić information content (AvgIpc) is 2.75. The van der Waals surface area contributed by atoms with Crippen LogP contribution < -0.4 is 5.32 Å². The van der Waals surface area contributed by atoms with Crippen molar-refractivity contribution in [2.24, 2.45) is 0 Å². The van der Waals surface area contributed by atoms with Crippen LogP contribution in [0.3, 0.4) is 0 Å². The van der Waals surface area contributed by atoms with E-state index in [1.807, 2.05) is 24.3 Å². The molecule has 0 aliphatic carbocycles. The minimum atomic E-state index is -0.946. The van der Waals surface area contributed by atoms with E-state index in [0.717, 1.165) is 21.4 Å². The summed E-state index contributed by atoms with van der Waals surface area (Å²) in [4.78, 5) is 14.9. The highest BCUT2D eigenvalue weighted by atomic mass is 79.9. The molecule has 1 heterocycles. The standard InChI is InChI=1S/C11H9BrN2O2S/c12-8-3-1-2-7(4-8)5-13-11-14-6-9(17-11)10(15)16/h1-4,6H,5H2,(H,13,14)(H,15,16). The summed E-state index contributed by atoms with van der Waals surface area (Å²) in [7, 11) is 0. The normalized spacial score (nSPS) is 10.2. The first-order chi connectivity index (χ1) is 8.15. The van der Waals surface area contributed by atoms with Gasteiger partial charge in [0.2, 0.25) is 0 Å². The van der Waals surface area contributed by atoms with Gasteiger partial charge in [-0.15, -0.1) is 0 Å². The number of hydrogen-bond acceptors (Lipinski definition) is 4. The van der Waals surface area contributed by atoms with Gasteiger partial charge in [0.1, 0.15) is 4.88 Å². The minimum absolute atomic E-state index is 0.238. The number of nitrogens with zero attached hydrogens (tertiary/aromatic N) is 1. The lowest BCUT2D eigenvalue weighted by Crippen LogP contribution is -1.98. The fourth-order valence-corrected chi connectivity index (χ4v) is 2.38. The van der Waals surface area contributed by atoms with E-state index in [4.69, 9.17) is 5.11 Å². The Bertz CT molecular complexity index is 542. The number of nitrogens with one attached hydrogen (secondary N) is 1. The van der Waals surface area contributed by atoms with Gasteiger partial charge >= 0.3 is 5.97 Å². The van der Waals surface area contributed by atoms with Crippen molar-refractivity contribution in [3.8, 4) is 0 Å². The van der Waals surface area contributed by atoms with E-state index >= 15 is 0 Å². The van der Waals surface area contributed by atoms with Gasteiger partial charge in [0.15, 0.2) is 5.13 Å². The number of carbonyl (C=O) groups is 1. The molecule has 0 aliphatic heterocycles. The molecule has 0 fully saturated rings. The van der Waals surface area contributed by atoms with Crippen LogP contribution in [0.1, 0.15) is 15.2 Å². The number of thiazole rings is 1. The number of carboxylic acids is 1. The third-order valence-corrected chi connectivity index (χ3v) is 3.49. The second kappa shape index (κ2) is 5.29. The van der Waals surface area contributed by atoms with E-state index in [2.05, 4.69) is 26.2 Å². The van der Waals surface area contributed by atoms with Gasteiger partial charge in [-0.1, -0.05) is 39.4 Å². The predicted octanol–water partition coefficient (Wildman–Crippen LogP) is 3.22. The predicted molar refractivity (Wildman–Crippen MR) is 70.5 cm³/mol. The van der Waals surface area contributed by atoms with Crippen molar-refractivity contribution in [3.05, 3.63) is 45.4 Å². The lowest BCUT2D eigenvalue weighted by molar-refractivity contribution is 0.0702. The zero-order valence-electron chi connectivity index (χ0n) is 8.68. The Balaban J connectivity index is 2.00. The number of aromatic nitrogens is 1. The highest BCUT2D eigenvalue weighted by Crippen LogP contribution is 2.19. The number of benzene rings is 1. The first kappa shape index (κ1) is 12.1. The monoisotopic (exact) mass is 312 g/mol. The molecule has 6 heteroatoms. The molecular weight excluding hydrogens is 304 g/mol. The molecular formula is C11H9BrN2O2S. The fraction of sp³-hybridized carbons (Fsp3) is 0.0909. The van der Waals surface area contributed by atoms with Crippen LogP contribution in [0.5, 0.6) is 0 Å². The van der Waals surface area contributed by atoms with E-state index in [9.17, 15) is 4.79 Å². The number of aromatic carboxylic acids is 1. The second-order valence-corrected chi connectivity index (χ2v) is 5.26. The lowest BCUT2D eigenvalue weighted by atomic mass is 10.2. The lowest BCUT2D eigenvalue weighted by Gasteiger charge is -2.02. The van der Waals surface area contributed by atoms with Crippen LogP contribution in [0.15, 0.2) is 34.9 Å². The largest absolute Gasteiger partial charge is 0.477 e. The van der Waals surface area contributed by atoms with Crippen LogP contribution in [0.2, 0.25) is 0 Å². The zero-order valence-corrected chi connectivity index (χ0v) is 11.1. The molecule has 1 aromatic carbocycles. The molecule has 0 saturated heterocycles. The number of rotatable bonds is 4. The molecule has 2 aromatic rings. The van der Waals surface area contributed by atoms with E-state index in [1.54, 1.807) is 0 Å². The van der Waals surface area contributed by atoms with Gasteiger partial charge in [0.25, 0.3) is 0 Å². The molecule has 2 rings (SSSR count). The van der Waals surface area contributed by atoms with Gasteiger partial charge in [-0.25, -0.2) is 9.78 Å². The highest BCUT2D eigenvalue weighted by molar-refractivity contribution is 9.10. The van der Waals surface area contributed by atoms with Crippen LogP contribution >= 0.6 is 27.3 Å². The quantitative estimate of drug-likeness (QED) is 0.910. The maximum Gasteiger partial charge on any atom is 0.347 e. The van der Waals surface area contributed by atoms with Crippen LogP contribution in [0, 0.1) is 0 Å². The molecule has 88 valence electrons. The minimum Gasteiger partial charge on any atom is -0.477 e. The van der Waals surface area contributed by atoms with Gasteiger partial charge in [-0.2, -0.15) is 0 Å². The smallest absolute Gasteiger partial charge is 0.347 e. The summed E-state index contributed by atoms with van der Waals surface area (Å²) in [5.74, 6) is -0.946. The van der Waals surface area contributed by atoms with Crippen molar-refractivity contribution < 1.29 is 9.90 Å². The summed E-state index contributed by atoms with van der Waals surface area (Å²) in [6.45, 7) is 0.617. The van der Waals surface area contributed by atoms with Crippen molar-refractivity contribution in [3.63, 3.8) is 0 Å². The fourth-order valence-electron chi connectivity index (χ4n) is 1.28. The molecule has 0 amide bonds. The third kappa shape index (κ3) is 3.28. The Morgan fingerprint density at radius 3 is 3.00 bits per heavy atom. The molecule has 0 radical (unpaired) electrons. The van der Waals surface area contributed by atoms with Crippen LogP contribution in [0.25, 0.3) is 0 Å². The molecule has 0 spiro atoms. The van der Waals surface area contributed by atoms with E-state index in [-0.39, 0.29) is 4.88 Å². The molecule has 0 unspecified atom stereocenters. The van der Waals surface area contributed by atoms with Gasteiger partial charge < -0.3 is 10.4 Å². The Morgan fingerprint density at radius 1 is 1.53 bits per heavy atom. The van der Waals surface area contributed by atoms with Gasteiger partial charge in [-0.3, -0.25) is 0 Å². The Morgan fingerprint density at radius 2 is 2.35 bits per heavy atom. The highest BCUT2D eigenvalue weighted by Gasteiger charge is 2.07. The second-order valence-electron chi connectivity index (χ2n) is 3.32. The number of hydrogen-bond donors (Lipinski definition) is 2. The molecule has 4 nitrogen and oxygen atoms in total. The van der Waals surface area contributed by atoms with Crippen molar-refractivity contribution in [2.75, 3.05) is 5.32 Å². The van der Waals surface area contributed by atoms with E-state index in [0.29, 0.717) is 11.7 Å². The van der Waals surface area contributed by atoms with Gasteiger partial charge in [0, 0.05) is 11.0 Å². The molecule has 0 atom stereocenters. The SMILES string of the molecule is O=C(O)c1cnc(NCc2cccc(Br)c2)s1. The van der Waals surface area contributed by atoms with Gasteiger partial charge in [0.05, 0.1) is 6.20 Å². The summed E-state index contributed by atoms with van der Waals surface area (Å²) in [6, 6.07) is 7.89.